The van der Waals surface area contributed by atoms with Gasteiger partial charge in [-0.05, 0) is 45.4 Å². The van der Waals surface area contributed by atoms with Crippen molar-refractivity contribution >= 4 is 17.3 Å². The Morgan fingerprint density at radius 3 is 2.48 bits per heavy atom. The molecule has 1 aliphatic rings. The third-order valence-corrected chi connectivity index (χ3v) is 4.94. The molecular formula is C24H32N2O5. The van der Waals surface area contributed by atoms with Crippen molar-refractivity contribution in [2.24, 2.45) is 0 Å². The van der Waals surface area contributed by atoms with Crippen LogP contribution in [0.4, 0.5) is 11.4 Å². The molecule has 7 nitrogen and oxygen atoms in total. The molecule has 0 bridgehead atoms. The summed E-state index contributed by atoms with van der Waals surface area (Å²) in [6, 6.07) is 11.4. The van der Waals surface area contributed by atoms with Crippen LogP contribution in [0.15, 0.2) is 36.4 Å². The van der Waals surface area contributed by atoms with Crippen molar-refractivity contribution in [3.05, 3.63) is 42.0 Å². The molecule has 7 heteroatoms. The second kappa shape index (κ2) is 10.9. The topological polar surface area (TPSA) is 69.3 Å². The van der Waals surface area contributed by atoms with E-state index in [9.17, 15) is 4.79 Å². The first kappa shape index (κ1) is 22.7. The number of aryl methyl sites for hydroxylation is 1. The van der Waals surface area contributed by atoms with Crippen molar-refractivity contribution < 1.29 is 23.7 Å². The van der Waals surface area contributed by atoms with E-state index < -0.39 is 6.10 Å². The number of anilines is 2. The number of carbonyl (C=O) groups is 1. The molecule has 2 aromatic carbocycles. The second-order valence-electron chi connectivity index (χ2n) is 7.35. The van der Waals surface area contributed by atoms with Gasteiger partial charge in [0, 0.05) is 25.2 Å². The van der Waals surface area contributed by atoms with Gasteiger partial charge in [-0.1, -0.05) is 12.1 Å². The third-order valence-electron chi connectivity index (χ3n) is 4.94. The van der Waals surface area contributed by atoms with Gasteiger partial charge in [0.05, 0.1) is 37.8 Å². The van der Waals surface area contributed by atoms with Crippen LogP contribution in [0, 0.1) is 6.92 Å². The van der Waals surface area contributed by atoms with Gasteiger partial charge in [-0.15, -0.1) is 0 Å². The molecule has 3 rings (SSSR count). The average Bonchev–Trinajstić information content (AvgIpc) is 2.76. The number of morpholine rings is 1. The molecule has 2 aromatic rings. The molecule has 1 aliphatic heterocycles. The van der Waals surface area contributed by atoms with Crippen LogP contribution < -0.4 is 24.4 Å². The van der Waals surface area contributed by atoms with E-state index in [2.05, 4.69) is 10.2 Å². The van der Waals surface area contributed by atoms with E-state index in [0.29, 0.717) is 49.4 Å². The quantitative estimate of drug-likeness (QED) is 0.650. The summed E-state index contributed by atoms with van der Waals surface area (Å²) in [5.41, 5.74) is 2.58. The summed E-state index contributed by atoms with van der Waals surface area (Å²) in [7, 11) is 0. The monoisotopic (exact) mass is 428 g/mol. The van der Waals surface area contributed by atoms with Crippen molar-refractivity contribution in [3.63, 3.8) is 0 Å². The van der Waals surface area contributed by atoms with Gasteiger partial charge in [0.15, 0.2) is 6.10 Å². The van der Waals surface area contributed by atoms with Crippen molar-refractivity contribution in [2.75, 3.05) is 49.7 Å². The first-order valence-electron chi connectivity index (χ1n) is 10.8. The van der Waals surface area contributed by atoms with Gasteiger partial charge < -0.3 is 29.2 Å². The lowest BCUT2D eigenvalue weighted by Crippen LogP contribution is -2.36. The van der Waals surface area contributed by atoms with Crippen molar-refractivity contribution in [1.82, 2.24) is 0 Å². The number of ether oxygens (including phenoxy) is 4. The summed E-state index contributed by atoms with van der Waals surface area (Å²) in [6.07, 6.45) is -0.675. The SMILES string of the molecule is CCOc1cc(N2CCOCC2)c(OCC)cc1NC(=O)[C@H](C)Oc1cccc(C)c1. The Balaban J connectivity index is 1.82. The molecule has 1 heterocycles. The van der Waals surface area contributed by atoms with Gasteiger partial charge in [-0.25, -0.2) is 0 Å². The molecule has 0 radical (unpaired) electrons. The fraction of sp³-hybridized carbons (Fsp3) is 0.458. The van der Waals surface area contributed by atoms with Crippen molar-refractivity contribution in [1.29, 1.82) is 0 Å². The smallest absolute Gasteiger partial charge is 0.265 e. The number of hydrogen-bond donors (Lipinski definition) is 1. The van der Waals surface area contributed by atoms with Crippen molar-refractivity contribution in [2.45, 2.75) is 33.8 Å². The number of rotatable bonds is 9. The first-order chi connectivity index (χ1) is 15.0. The summed E-state index contributed by atoms with van der Waals surface area (Å²) in [6.45, 7) is 11.5. The molecule has 1 N–H and O–H groups in total. The molecule has 0 aromatic heterocycles. The minimum atomic E-state index is -0.675. The minimum absolute atomic E-state index is 0.260. The van der Waals surface area contributed by atoms with Gasteiger partial charge in [0.25, 0.3) is 5.91 Å². The molecule has 1 atom stereocenters. The van der Waals surface area contributed by atoms with Gasteiger partial charge in [-0.3, -0.25) is 4.79 Å². The number of nitrogens with one attached hydrogen (secondary N) is 1. The molecule has 0 aliphatic carbocycles. The van der Waals surface area contributed by atoms with Crippen LogP contribution in [0.25, 0.3) is 0 Å². The largest absolute Gasteiger partial charge is 0.492 e. The van der Waals surface area contributed by atoms with Crippen molar-refractivity contribution in [3.8, 4) is 17.2 Å². The Bertz CT molecular complexity index is 880. The van der Waals surface area contributed by atoms with Crippen LogP contribution in [0.5, 0.6) is 17.2 Å². The Kier molecular flexibility index (Phi) is 8.00. The maximum atomic E-state index is 12.9. The predicted octanol–water partition coefficient (Wildman–Crippen LogP) is 4.04. The number of amides is 1. The lowest BCUT2D eigenvalue weighted by Gasteiger charge is -2.31. The van der Waals surface area contributed by atoms with E-state index in [-0.39, 0.29) is 5.91 Å². The van der Waals surface area contributed by atoms with Crippen LogP contribution in [-0.4, -0.2) is 51.5 Å². The van der Waals surface area contributed by atoms with E-state index in [1.807, 2.05) is 57.2 Å². The van der Waals surface area contributed by atoms with E-state index in [4.69, 9.17) is 18.9 Å². The summed E-state index contributed by atoms with van der Waals surface area (Å²) in [5.74, 6) is 1.70. The van der Waals surface area contributed by atoms with Crippen LogP contribution in [0.2, 0.25) is 0 Å². The lowest BCUT2D eigenvalue weighted by atomic mass is 10.2. The highest BCUT2D eigenvalue weighted by molar-refractivity contribution is 5.96. The normalized spacial score (nSPS) is 14.6. The maximum Gasteiger partial charge on any atom is 0.265 e. The molecule has 1 amide bonds. The summed E-state index contributed by atoms with van der Waals surface area (Å²) >= 11 is 0. The fourth-order valence-corrected chi connectivity index (χ4v) is 3.42. The zero-order chi connectivity index (χ0) is 22.2. The minimum Gasteiger partial charge on any atom is -0.492 e. The summed E-state index contributed by atoms with van der Waals surface area (Å²) in [4.78, 5) is 15.1. The van der Waals surface area contributed by atoms with Crippen LogP contribution in [0.3, 0.4) is 0 Å². The maximum absolute atomic E-state index is 12.9. The number of nitrogens with zero attached hydrogens (tertiary/aromatic N) is 1. The second-order valence-corrected chi connectivity index (χ2v) is 7.35. The van der Waals surface area contributed by atoms with Gasteiger partial charge in [0.2, 0.25) is 0 Å². The molecule has 168 valence electrons. The molecule has 0 saturated carbocycles. The zero-order valence-electron chi connectivity index (χ0n) is 18.8. The van der Waals surface area contributed by atoms with Crippen LogP contribution in [0.1, 0.15) is 26.3 Å². The van der Waals surface area contributed by atoms with Crippen LogP contribution in [-0.2, 0) is 9.53 Å². The highest BCUT2D eigenvalue weighted by Gasteiger charge is 2.22. The van der Waals surface area contributed by atoms with E-state index >= 15 is 0 Å². The standard InChI is InChI=1S/C24H32N2O5/c1-5-29-22-16-21(26-10-12-28-13-11-26)23(30-6-2)15-20(22)25-24(27)18(4)31-19-9-7-8-17(3)14-19/h7-9,14-16,18H,5-6,10-13H2,1-4H3,(H,25,27)/t18-/m0/s1. The zero-order valence-corrected chi connectivity index (χ0v) is 18.8. The Morgan fingerprint density at radius 2 is 1.81 bits per heavy atom. The van der Waals surface area contributed by atoms with E-state index in [0.717, 1.165) is 24.3 Å². The van der Waals surface area contributed by atoms with Gasteiger partial charge in [-0.2, -0.15) is 0 Å². The Labute approximate surface area is 184 Å². The number of hydrogen-bond acceptors (Lipinski definition) is 6. The molecule has 0 unspecified atom stereocenters. The highest BCUT2D eigenvalue weighted by Crippen LogP contribution is 2.39. The molecular weight excluding hydrogens is 396 g/mol. The van der Waals surface area contributed by atoms with Crippen LogP contribution >= 0.6 is 0 Å². The number of benzene rings is 2. The predicted molar refractivity (Wildman–Crippen MR) is 122 cm³/mol. The van der Waals surface area contributed by atoms with Gasteiger partial charge in [0.1, 0.15) is 17.2 Å². The Morgan fingerprint density at radius 1 is 1.10 bits per heavy atom. The summed E-state index contributed by atoms with van der Waals surface area (Å²) in [5, 5.41) is 2.95. The average molecular weight is 429 g/mol. The van der Waals surface area contributed by atoms with E-state index in [1.165, 1.54) is 0 Å². The first-order valence-corrected chi connectivity index (χ1v) is 10.8. The van der Waals surface area contributed by atoms with E-state index in [1.54, 1.807) is 6.92 Å². The Hall–Kier alpha value is -2.93. The lowest BCUT2D eigenvalue weighted by molar-refractivity contribution is -0.122. The molecule has 1 saturated heterocycles. The third kappa shape index (κ3) is 6.04. The highest BCUT2D eigenvalue weighted by atomic mass is 16.5. The number of carbonyl (C=O) groups excluding carboxylic acids is 1. The molecule has 1 fully saturated rings. The molecule has 0 spiro atoms. The molecule has 31 heavy (non-hydrogen) atoms. The van der Waals surface area contributed by atoms with Gasteiger partial charge >= 0.3 is 0 Å². The summed E-state index contributed by atoms with van der Waals surface area (Å²) < 4.78 is 23.0. The fourth-order valence-electron chi connectivity index (χ4n) is 3.42.